The van der Waals surface area contributed by atoms with Crippen molar-refractivity contribution in [2.45, 2.75) is 26.6 Å². The molecule has 4 heteroatoms. The number of hydrogen-bond acceptors (Lipinski definition) is 3. The Labute approximate surface area is 96.9 Å². The average molecular weight is 242 g/mol. The molecule has 0 bridgehead atoms. The molecule has 0 aliphatic rings. The van der Waals surface area contributed by atoms with Gasteiger partial charge in [-0.1, -0.05) is 32.0 Å². The second-order valence-corrected chi connectivity index (χ2v) is 6.51. The van der Waals surface area contributed by atoms with Gasteiger partial charge >= 0.3 is 0 Å². The Morgan fingerprint density at radius 2 is 1.88 bits per heavy atom. The molecule has 0 amide bonds. The number of hydrogen-bond donors (Lipinski definition) is 1. The van der Waals surface area contributed by atoms with E-state index in [1.54, 1.807) is 31.2 Å². The van der Waals surface area contributed by atoms with Crippen molar-refractivity contribution in [2.75, 3.05) is 6.61 Å². The van der Waals surface area contributed by atoms with E-state index in [0.717, 1.165) is 0 Å². The van der Waals surface area contributed by atoms with E-state index in [1.807, 2.05) is 19.9 Å². The van der Waals surface area contributed by atoms with Gasteiger partial charge in [-0.25, -0.2) is 0 Å². The van der Waals surface area contributed by atoms with Crippen molar-refractivity contribution in [1.82, 2.24) is 0 Å². The van der Waals surface area contributed by atoms with E-state index >= 15 is 0 Å². The Kier molecular flexibility index (Phi) is 4.72. The van der Waals surface area contributed by atoms with Gasteiger partial charge in [0.05, 0.1) is 6.61 Å². The highest BCUT2D eigenvalue weighted by atomic mass is 31.2. The minimum atomic E-state index is -3.16. The van der Waals surface area contributed by atoms with E-state index in [4.69, 9.17) is 4.52 Å². The van der Waals surface area contributed by atoms with Crippen LogP contribution in [-0.4, -0.2) is 17.6 Å². The summed E-state index contributed by atoms with van der Waals surface area (Å²) in [6.45, 7) is 5.77. The first-order chi connectivity index (χ1) is 7.52. The first kappa shape index (κ1) is 13.4. The van der Waals surface area contributed by atoms with Crippen molar-refractivity contribution in [3.8, 4) is 0 Å². The van der Waals surface area contributed by atoms with Gasteiger partial charge in [0.1, 0.15) is 5.85 Å². The van der Waals surface area contributed by atoms with Gasteiger partial charge in [0.15, 0.2) is 0 Å². The summed E-state index contributed by atoms with van der Waals surface area (Å²) in [6, 6.07) is 8.92. The second kappa shape index (κ2) is 5.62. The summed E-state index contributed by atoms with van der Waals surface area (Å²) in [5, 5.41) is 10.6. The molecule has 0 aromatic heterocycles. The quantitative estimate of drug-likeness (QED) is 0.807. The fraction of sp³-hybridized carbons (Fsp3) is 0.500. The minimum absolute atomic E-state index is 0.0995. The topological polar surface area (TPSA) is 46.5 Å². The maximum atomic E-state index is 12.7. The predicted molar refractivity (Wildman–Crippen MR) is 66.2 cm³/mol. The van der Waals surface area contributed by atoms with E-state index in [1.165, 1.54) is 0 Å². The van der Waals surface area contributed by atoms with Crippen LogP contribution < -0.4 is 5.30 Å². The molecule has 1 rings (SSSR count). The van der Waals surface area contributed by atoms with Crippen molar-refractivity contribution in [3.63, 3.8) is 0 Å². The van der Waals surface area contributed by atoms with Crippen LogP contribution in [0.5, 0.6) is 0 Å². The van der Waals surface area contributed by atoms with Gasteiger partial charge in [0.2, 0.25) is 0 Å². The van der Waals surface area contributed by atoms with Crippen molar-refractivity contribution in [3.05, 3.63) is 30.3 Å². The van der Waals surface area contributed by atoms with Gasteiger partial charge in [-0.15, -0.1) is 0 Å². The zero-order chi connectivity index (χ0) is 12.2. The number of aliphatic hydroxyl groups is 1. The Bertz CT molecular complexity index is 362. The van der Waals surface area contributed by atoms with Crippen molar-refractivity contribution < 1.29 is 14.2 Å². The molecule has 0 saturated carbocycles. The standard InChI is InChI=1S/C12H19O3P/c1-4-15-16(14,12(13)10(2)3)11-8-6-5-7-9-11/h5-10,12-13H,4H2,1-3H3/t12-,16?/m0/s1. The SMILES string of the molecule is CCOP(=O)(c1ccccc1)[C@H](O)C(C)C. The lowest BCUT2D eigenvalue weighted by Gasteiger charge is -2.26. The zero-order valence-corrected chi connectivity index (χ0v) is 10.9. The molecule has 1 aromatic carbocycles. The molecule has 1 unspecified atom stereocenters. The molecule has 0 heterocycles. The molecule has 0 saturated heterocycles. The van der Waals surface area contributed by atoms with Gasteiger partial charge in [-0.3, -0.25) is 4.57 Å². The van der Waals surface area contributed by atoms with Gasteiger partial charge in [0.25, 0.3) is 7.37 Å². The van der Waals surface area contributed by atoms with Gasteiger partial charge < -0.3 is 9.63 Å². The third kappa shape index (κ3) is 2.73. The summed E-state index contributed by atoms with van der Waals surface area (Å²) in [5.41, 5.74) is 0. The minimum Gasteiger partial charge on any atom is -0.382 e. The lowest BCUT2D eigenvalue weighted by atomic mass is 10.2. The summed E-state index contributed by atoms with van der Waals surface area (Å²) in [6.07, 6.45) is 0. The normalized spacial score (nSPS) is 17.1. The van der Waals surface area contributed by atoms with Crippen LogP contribution in [0.4, 0.5) is 0 Å². The third-order valence-corrected chi connectivity index (χ3v) is 5.33. The fourth-order valence-electron chi connectivity index (χ4n) is 1.52. The summed E-state index contributed by atoms with van der Waals surface area (Å²) in [5.74, 6) is -1.05. The molecule has 0 radical (unpaired) electrons. The first-order valence-electron chi connectivity index (χ1n) is 5.50. The zero-order valence-electron chi connectivity index (χ0n) is 9.96. The molecule has 90 valence electrons. The maximum absolute atomic E-state index is 12.7. The molecule has 0 spiro atoms. The fourth-order valence-corrected chi connectivity index (χ4v) is 3.89. The van der Waals surface area contributed by atoms with Crippen LogP contribution in [0, 0.1) is 5.92 Å². The van der Waals surface area contributed by atoms with Gasteiger partial charge in [-0.05, 0) is 25.0 Å². The highest BCUT2D eigenvalue weighted by Crippen LogP contribution is 2.51. The molecule has 1 aromatic rings. The highest BCUT2D eigenvalue weighted by Gasteiger charge is 2.36. The third-order valence-electron chi connectivity index (χ3n) is 2.38. The monoisotopic (exact) mass is 242 g/mol. The lowest BCUT2D eigenvalue weighted by molar-refractivity contribution is 0.173. The van der Waals surface area contributed by atoms with Crippen LogP contribution in [0.25, 0.3) is 0 Å². The van der Waals surface area contributed by atoms with Crippen molar-refractivity contribution in [1.29, 1.82) is 0 Å². The van der Waals surface area contributed by atoms with Crippen molar-refractivity contribution >= 4 is 12.7 Å². The Morgan fingerprint density at radius 1 is 1.31 bits per heavy atom. The summed E-state index contributed by atoms with van der Waals surface area (Å²) >= 11 is 0. The molecule has 16 heavy (non-hydrogen) atoms. The number of rotatable bonds is 5. The van der Waals surface area contributed by atoms with Crippen LogP contribution in [0.3, 0.4) is 0 Å². The van der Waals surface area contributed by atoms with Crippen LogP contribution in [0.2, 0.25) is 0 Å². The van der Waals surface area contributed by atoms with E-state index in [2.05, 4.69) is 0 Å². The summed E-state index contributed by atoms with van der Waals surface area (Å²) in [4.78, 5) is 0. The summed E-state index contributed by atoms with van der Waals surface area (Å²) < 4.78 is 18.0. The average Bonchev–Trinajstić information content (AvgIpc) is 2.29. The Morgan fingerprint density at radius 3 is 2.31 bits per heavy atom. The van der Waals surface area contributed by atoms with Crippen LogP contribution in [-0.2, 0) is 9.09 Å². The molecule has 0 aliphatic carbocycles. The Hall–Kier alpha value is -0.630. The number of benzene rings is 1. The van der Waals surface area contributed by atoms with Crippen LogP contribution >= 0.6 is 7.37 Å². The van der Waals surface area contributed by atoms with E-state index in [9.17, 15) is 9.67 Å². The van der Waals surface area contributed by atoms with E-state index in [0.29, 0.717) is 11.9 Å². The molecule has 0 fully saturated rings. The molecular formula is C12H19O3P. The van der Waals surface area contributed by atoms with Gasteiger partial charge in [-0.2, -0.15) is 0 Å². The highest BCUT2D eigenvalue weighted by molar-refractivity contribution is 7.67. The largest absolute Gasteiger partial charge is 0.382 e. The molecule has 3 nitrogen and oxygen atoms in total. The van der Waals surface area contributed by atoms with E-state index in [-0.39, 0.29) is 5.92 Å². The molecule has 0 aliphatic heterocycles. The summed E-state index contributed by atoms with van der Waals surface area (Å²) in [7, 11) is -3.16. The smallest absolute Gasteiger partial charge is 0.259 e. The second-order valence-electron chi connectivity index (χ2n) is 4.01. The van der Waals surface area contributed by atoms with Crippen LogP contribution in [0.15, 0.2) is 30.3 Å². The molecule has 2 atom stereocenters. The first-order valence-corrected chi connectivity index (χ1v) is 7.19. The number of aliphatic hydroxyl groups excluding tert-OH is 1. The van der Waals surface area contributed by atoms with Gasteiger partial charge in [0, 0.05) is 5.30 Å². The van der Waals surface area contributed by atoms with Crippen molar-refractivity contribution in [2.24, 2.45) is 5.92 Å². The lowest BCUT2D eigenvalue weighted by Crippen LogP contribution is -2.23. The molecular weight excluding hydrogens is 223 g/mol. The van der Waals surface area contributed by atoms with E-state index < -0.39 is 13.2 Å². The van der Waals surface area contributed by atoms with Crippen LogP contribution in [0.1, 0.15) is 20.8 Å². The molecule has 1 N–H and O–H groups in total. The Balaban J connectivity index is 3.12. The maximum Gasteiger partial charge on any atom is 0.259 e. The predicted octanol–water partition coefficient (Wildman–Crippen LogP) is 2.60.